The van der Waals surface area contributed by atoms with Gasteiger partial charge in [-0.1, -0.05) is 6.07 Å². The molecule has 1 fully saturated rings. The number of carbonyl (C=O) groups is 1. The average Bonchev–Trinajstić information content (AvgIpc) is 3.11. The van der Waals surface area contributed by atoms with E-state index in [1.165, 1.54) is 22.6 Å². The Morgan fingerprint density at radius 1 is 1.26 bits per heavy atom. The van der Waals surface area contributed by atoms with Crippen molar-refractivity contribution in [1.29, 1.82) is 0 Å². The number of anilines is 2. The van der Waals surface area contributed by atoms with Crippen LogP contribution in [0.15, 0.2) is 30.3 Å². The second-order valence-electron chi connectivity index (χ2n) is 7.78. The molecule has 0 saturated carbocycles. The fraction of sp³-hybridized carbons (Fsp3) is 0.391. The smallest absolute Gasteiger partial charge is 0.263 e. The van der Waals surface area contributed by atoms with Crippen LogP contribution >= 0.6 is 11.3 Å². The lowest BCUT2D eigenvalue weighted by Gasteiger charge is -2.30. The molecule has 3 aromatic rings. The lowest BCUT2D eigenvalue weighted by molar-refractivity contribution is 0.0959. The van der Waals surface area contributed by atoms with Crippen molar-refractivity contribution in [3.8, 4) is 0 Å². The molecule has 0 atom stereocenters. The van der Waals surface area contributed by atoms with Crippen LogP contribution in [0.3, 0.4) is 0 Å². The number of hydrogen-bond acceptors (Lipinski definition) is 7. The highest BCUT2D eigenvalue weighted by Crippen LogP contribution is 2.32. The molecule has 164 valence electrons. The Balaban J connectivity index is 1.42. The number of hydrogen-bond donors (Lipinski definition) is 3. The molecule has 7 nitrogen and oxygen atoms in total. The van der Waals surface area contributed by atoms with E-state index in [0.717, 1.165) is 54.1 Å². The van der Waals surface area contributed by atoms with Gasteiger partial charge in [-0.05, 0) is 48.7 Å². The highest BCUT2D eigenvalue weighted by molar-refractivity contribution is 7.21. The standard InChI is InChI=1S/C23H29N5O2S/c1-15-3-6-19-20(24)21(31-23(19)27-15)22(29)26-8-7-16-4-5-18(13-17(16)14-30-2)28-11-9-25-10-12-28/h3-6,13,25H,7-12,14,24H2,1-2H3,(H,26,29). The first-order valence-electron chi connectivity index (χ1n) is 10.6. The van der Waals surface area contributed by atoms with Gasteiger partial charge in [-0.3, -0.25) is 4.79 Å². The number of nitrogen functional groups attached to an aromatic ring is 1. The Labute approximate surface area is 186 Å². The molecule has 4 rings (SSSR count). The number of nitrogens with zero attached hydrogens (tertiary/aromatic N) is 2. The van der Waals surface area contributed by atoms with Gasteiger partial charge in [0.15, 0.2) is 0 Å². The fourth-order valence-electron chi connectivity index (χ4n) is 3.92. The number of benzene rings is 1. The zero-order valence-electron chi connectivity index (χ0n) is 18.0. The topological polar surface area (TPSA) is 92.5 Å². The van der Waals surface area contributed by atoms with Gasteiger partial charge < -0.3 is 26.0 Å². The molecular weight excluding hydrogens is 410 g/mol. The third-order valence-corrected chi connectivity index (χ3v) is 6.70. The van der Waals surface area contributed by atoms with Gasteiger partial charge >= 0.3 is 0 Å². The Morgan fingerprint density at radius 2 is 2.06 bits per heavy atom. The number of nitrogens with one attached hydrogen (secondary N) is 2. The van der Waals surface area contributed by atoms with E-state index in [9.17, 15) is 4.79 Å². The number of rotatable bonds is 7. The molecule has 8 heteroatoms. The zero-order valence-corrected chi connectivity index (χ0v) is 18.8. The van der Waals surface area contributed by atoms with Crippen LogP contribution in [0.5, 0.6) is 0 Å². The number of aryl methyl sites for hydroxylation is 1. The SMILES string of the molecule is COCc1cc(N2CCNCC2)ccc1CCNC(=O)c1sc2nc(C)ccc2c1N. The molecular formula is C23H29N5O2S. The summed E-state index contributed by atoms with van der Waals surface area (Å²) in [6.07, 6.45) is 0.731. The van der Waals surface area contributed by atoms with E-state index in [1.54, 1.807) is 7.11 Å². The van der Waals surface area contributed by atoms with Gasteiger partial charge in [-0.2, -0.15) is 0 Å². The molecule has 0 bridgehead atoms. The van der Waals surface area contributed by atoms with Gasteiger partial charge in [-0.15, -0.1) is 11.3 Å². The minimum Gasteiger partial charge on any atom is -0.397 e. The molecule has 2 aromatic heterocycles. The van der Waals surface area contributed by atoms with Crippen molar-refractivity contribution < 1.29 is 9.53 Å². The van der Waals surface area contributed by atoms with Crippen LogP contribution in [0.2, 0.25) is 0 Å². The molecule has 0 radical (unpaired) electrons. The van der Waals surface area contributed by atoms with E-state index < -0.39 is 0 Å². The van der Waals surface area contributed by atoms with Crippen molar-refractivity contribution in [1.82, 2.24) is 15.6 Å². The molecule has 1 aliphatic heterocycles. The van der Waals surface area contributed by atoms with Gasteiger partial charge in [-0.25, -0.2) is 4.98 Å². The molecule has 0 spiro atoms. The lowest BCUT2D eigenvalue weighted by Crippen LogP contribution is -2.43. The largest absolute Gasteiger partial charge is 0.397 e. The Kier molecular flexibility index (Phi) is 6.70. The van der Waals surface area contributed by atoms with Crippen molar-refractivity contribution in [3.63, 3.8) is 0 Å². The highest BCUT2D eigenvalue weighted by Gasteiger charge is 2.17. The van der Waals surface area contributed by atoms with Crippen molar-refractivity contribution in [2.24, 2.45) is 0 Å². The molecule has 31 heavy (non-hydrogen) atoms. The Bertz CT molecular complexity index is 1080. The Morgan fingerprint density at radius 3 is 2.84 bits per heavy atom. The first kappa shape index (κ1) is 21.5. The second-order valence-corrected chi connectivity index (χ2v) is 8.78. The first-order valence-corrected chi connectivity index (χ1v) is 11.4. The third kappa shape index (κ3) is 4.81. The number of methoxy groups -OCH3 is 1. The third-order valence-electron chi connectivity index (χ3n) is 5.59. The van der Waals surface area contributed by atoms with Crippen LogP contribution in [0.4, 0.5) is 11.4 Å². The van der Waals surface area contributed by atoms with E-state index in [-0.39, 0.29) is 5.91 Å². The number of aromatic nitrogens is 1. The van der Waals surface area contributed by atoms with Gasteiger partial charge in [0.1, 0.15) is 9.71 Å². The Hall–Kier alpha value is -2.68. The summed E-state index contributed by atoms with van der Waals surface area (Å²) in [6, 6.07) is 10.4. The summed E-state index contributed by atoms with van der Waals surface area (Å²) in [5, 5.41) is 7.24. The molecule has 1 aliphatic rings. The number of carbonyl (C=O) groups excluding carboxylic acids is 1. The lowest BCUT2D eigenvalue weighted by atomic mass is 10.0. The average molecular weight is 440 g/mol. The molecule has 1 amide bonds. The van der Waals surface area contributed by atoms with Crippen LogP contribution in [0.25, 0.3) is 10.2 Å². The van der Waals surface area contributed by atoms with Crippen molar-refractivity contribution in [3.05, 3.63) is 52.0 Å². The minimum absolute atomic E-state index is 0.149. The second kappa shape index (κ2) is 9.64. The first-order chi connectivity index (χ1) is 15.1. The number of fused-ring (bicyclic) bond motifs is 1. The van der Waals surface area contributed by atoms with Crippen LogP contribution in [0.1, 0.15) is 26.5 Å². The van der Waals surface area contributed by atoms with E-state index in [1.807, 2.05) is 19.1 Å². The summed E-state index contributed by atoms with van der Waals surface area (Å²) in [4.78, 5) is 20.9. The molecule has 4 N–H and O–H groups in total. The molecule has 0 aliphatic carbocycles. The van der Waals surface area contributed by atoms with E-state index >= 15 is 0 Å². The summed E-state index contributed by atoms with van der Waals surface area (Å²) in [6.45, 7) is 7.03. The highest BCUT2D eigenvalue weighted by atomic mass is 32.1. The molecule has 1 aromatic carbocycles. The van der Waals surface area contributed by atoms with Crippen molar-refractivity contribution in [2.45, 2.75) is 20.0 Å². The van der Waals surface area contributed by atoms with Crippen LogP contribution in [0, 0.1) is 6.92 Å². The van der Waals surface area contributed by atoms with Gasteiger partial charge in [0, 0.05) is 56.6 Å². The summed E-state index contributed by atoms with van der Waals surface area (Å²) < 4.78 is 5.43. The monoisotopic (exact) mass is 439 g/mol. The quantitative estimate of drug-likeness (QED) is 0.524. The molecule has 3 heterocycles. The number of nitrogens with two attached hydrogens (primary N) is 1. The van der Waals surface area contributed by atoms with Crippen molar-refractivity contribution >= 4 is 38.8 Å². The van der Waals surface area contributed by atoms with Gasteiger partial charge in [0.25, 0.3) is 5.91 Å². The normalized spacial score (nSPS) is 14.2. The summed E-state index contributed by atoms with van der Waals surface area (Å²) >= 11 is 1.34. The number of thiophene rings is 1. The molecule has 1 saturated heterocycles. The van der Waals surface area contributed by atoms with Crippen LogP contribution < -0.4 is 21.3 Å². The van der Waals surface area contributed by atoms with E-state index in [2.05, 4.69) is 38.7 Å². The summed E-state index contributed by atoms with van der Waals surface area (Å²) in [7, 11) is 1.71. The summed E-state index contributed by atoms with van der Waals surface area (Å²) in [5.41, 5.74) is 11.2. The predicted octanol–water partition coefficient (Wildman–Crippen LogP) is 2.72. The van der Waals surface area contributed by atoms with Gasteiger partial charge in [0.2, 0.25) is 0 Å². The number of ether oxygens (including phenoxy) is 1. The van der Waals surface area contributed by atoms with E-state index in [4.69, 9.17) is 10.5 Å². The molecule has 0 unspecified atom stereocenters. The maximum atomic E-state index is 12.7. The maximum absolute atomic E-state index is 12.7. The summed E-state index contributed by atoms with van der Waals surface area (Å²) in [5.74, 6) is -0.149. The van der Waals surface area contributed by atoms with Gasteiger partial charge in [0.05, 0.1) is 12.3 Å². The number of pyridine rings is 1. The number of piperazine rings is 1. The van der Waals surface area contributed by atoms with Crippen LogP contribution in [-0.2, 0) is 17.8 Å². The van der Waals surface area contributed by atoms with Crippen molar-refractivity contribution in [2.75, 3.05) is 50.5 Å². The van der Waals surface area contributed by atoms with Crippen LogP contribution in [-0.4, -0.2) is 50.7 Å². The fourth-order valence-corrected chi connectivity index (χ4v) is 4.97. The number of amides is 1. The van der Waals surface area contributed by atoms with E-state index in [0.29, 0.717) is 23.7 Å². The minimum atomic E-state index is -0.149. The zero-order chi connectivity index (χ0) is 21.8. The maximum Gasteiger partial charge on any atom is 0.263 e. The predicted molar refractivity (Wildman–Crippen MR) is 127 cm³/mol.